The molecule has 1 aromatic carbocycles. The maximum atomic E-state index is 12.7. The molecule has 4 nitrogen and oxygen atoms in total. The molecule has 0 radical (unpaired) electrons. The number of benzene rings is 1. The van der Waals surface area contributed by atoms with Gasteiger partial charge in [0.2, 0.25) is 5.91 Å². The Morgan fingerprint density at radius 3 is 2.61 bits per heavy atom. The molecule has 0 unspecified atom stereocenters. The van der Waals surface area contributed by atoms with Crippen LogP contribution in [0.15, 0.2) is 24.3 Å². The molecule has 0 saturated heterocycles. The summed E-state index contributed by atoms with van der Waals surface area (Å²) in [7, 11) is 0. The van der Waals surface area contributed by atoms with Gasteiger partial charge in [0.1, 0.15) is 12.4 Å². The van der Waals surface area contributed by atoms with Gasteiger partial charge < -0.3 is 5.32 Å². The van der Waals surface area contributed by atoms with Gasteiger partial charge in [-0.15, -0.1) is 0 Å². The van der Waals surface area contributed by atoms with Crippen LogP contribution in [0, 0.1) is 5.82 Å². The fourth-order valence-corrected chi connectivity index (χ4v) is 1.97. The highest BCUT2D eigenvalue weighted by molar-refractivity contribution is 5.92. The summed E-state index contributed by atoms with van der Waals surface area (Å²) in [6, 6.07) is 5.65. The van der Waals surface area contributed by atoms with Crippen LogP contribution in [0.25, 0.3) is 0 Å². The molecular weight excluding hydrogens is 235 g/mol. The number of amides is 1. The summed E-state index contributed by atoms with van der Waals surface area (Å²) in [4.78, 5) is 16.9. The van der Waals surface area contributed by atoms with Crippen LogP contribution in [0.1, 0.15) is 25.7 Å². The maximum Gasteiger partial charge on any atom is 0.240 e. The molecule has 1 amide bonds. The lowest BCUT2D eigenvalue weighted by Crippen LogP contribution is -2.31. The molecule has 5 heteroatoms. The van der Waals surface area contributed by atoms with Crippen LogP contribution >= 0.6 is 0 Å². The molecule has 18 heavy (non-hydrogen) atoms. The van der Waals surface area contributed by atoms with E-state index in [1.54, 1.807) is 0 Å². The summed E-state index contributed by atoms with van der Waals surface area (Å²) in [6.07, 6.45) is 4.70. The quantitative estimate of drug-likeness (QED) is 0.790. The lowest BCUT2D eigenvalue weighted by molar-refractivity contribution is -0.119. The van der Waals surface area contributed by atoms with E-state index in [1.807, 2.05) is 0 Å². The van der Waals surface area contributed by atoms with Gasteiger partial charge in [0.25, 0.3) is 0 Å². The smallest absolute Gasteiger partial charge is 0.240 e. The van der Waals surface area contributed by atoms with Crippen molar-refractivity contribution in [1.29, 1.82) is 0 Å². The summed E-state index contributed by atoms with van der Waals surface area (Å²) in [5.74, 6) is -0.532. The second-order valence-corrected chi connectivity index (χ2v) is 4.40. The van der Waals surface area contributed by atoms with E-state index in [1.165, 1.54) is 37.1 Å². The number of hydrogen-bond donors (Lipinski definition) is 2. The molecule has 0 aromatic heterocycles. The molecular formula is C13H17FN2O2. The topological polar surface area (TPSA) is 50.4 Å². The molecule has 1 aromatic rings. The third-order valence-corrected chi connectivity index (χ3v) is 2.91. The molecule has 1 aliphatic carbocycles. The van der Waals surface area contributed by atoms with Crippen LogP contribution in [-0.4, -0.2) is 18.6 Å². The van der Waals surface area contributed by atoms with Gasteiger partial charge in [-0.05, 0) is 37.1 Å². The standard InChI is InChI=1S/C13H17FN2O2/c14-10-5-7-11(8-6-10)16-13(17)9-15-18-12-3-1-2-4-12/h5-8,12,15H,1-4,9H2,(H,16,17). The van der Waals surface area contributed by atoms with E-state index < -0.39 is 0 Å². The number of rotatable bonds is 5. The first kappa shape index (κ1) is 13.0. The zero-order valence-corrected chi connectivity index (χ0v) is 10.1. The van der Waals surface area contributed by atoms with Gasteiger partial charge in [-0.1, -0.05) is 12.8 Å². The van der Waals surface area contributed by atoms with E-state index >= 15 is 0 Å². The number of carbonyl (C=O) groups is 1. The van der Waals surface area contributed by atoms with Crippen molar-refractivity contribution in [1.82, 2.24) is 5.48 Å². The Balaban J connectivity index is 1.66. The van der Waals surface area contributed by atoms with Crippen molar-refractivity contribution in [3.8, 4) is 0 Å². The molecule has 0 bridgehead atoms. The molecule has 2 N–H and O–H groups in total. The Hall–Kier alpha value is -1.46. The molecule has 1 saturated carbocycles. The second kappa shape index (κ2) is 6.47. The van der Waals surface area contributed by atoms with E-state index in [0.717, 1.165) is 12.8 Å². The van der Waals surface area contributed by atoms with E-state index in [2.05, 4.69) is 10.8 Å². The second-order valence-electron chi connectivity index (χ2n) is 4.40. The number of nitrogens with one attached hydrogen (secondary N) is 2. The van der Waals surface area contributed by atoms with E-state index in [-0.39, 0.29) is 24.4 Å². The lowest BCUT2D eigenvalue weighted by atomic mass is 10.3. The summed E-state index contributed by atoms with van der Waals surface area (Å²) in [6.45, 7) is 0.0911. The average molecular weight is 252 g/mol. The largest absolute Gasteiger partial charge is 0.325 e. The molecule has 98 valence electrons. The predicted molar refractivity (Wildman–Crippen MR) is 66.4 cm³/mol. The first-order valence-electron chi connectivity index (χ1n) is 6.18. The van der Waals surface area contributed by atoms with E-state index in [0.29, 0.717) is 5.69 Å². The number of hydrogen-bond acceptors (Lipinski definition) is 3. The van der Waals surface area contributed by atoms with Crippen molar-refractivity contribution in [2.24, 2.45) is 0 Å². The van der Waals surface area contributed by atoms with Crippen LogP contribution in [0.4, 0.5) is 10.1 Å². The highest BCUT2D eigenvalue weighted by Crippen LogP contribution is 2.19. The number of carbonyl (C=O) groups excluding carboxylic acids is 1. The summed E-state index contributed by atoms with van der Waals surface area (Å²) < 4.78 is 12.7. The highest BCUT2D eigenvalue weighted by Gasteiger charge is 2.15. The van der Waals surface area contributed by atoms with Crippen LogP contribution < -0.4 is 10.8 Å². The van der Waals surface area contributed by atoms with Gasteiger partial charge in [-0.3, -0.25) is 9.63 Å². The molecule has 1 fully saturated rings. The van der Waals surface area contributed by atoms with Crippen molar-refractivity contribution >= 4 is 11.6 Å². The third kappa shape index (κ3) is 4.09. The number of halogens is 1. The molecule has 0 atom stereocenters. The minimum atomic E-state index is -0.323. The first-order valence-corrected chi connectivity index (χ1v) is 6.18. The van der Waals surface area contributed by atoms with Crippen molar-refractivity contribution in [2.45, 2.75) is 31.8 Å². The third-order valence-electron chi connectivity index (χ3n) is 2.91. The average Bonchev–Trinajstić information content (AvgIpc) is 2.85. The Labute approximate surface area is 105 Å². The predicted octanol–water partition coefficient (Wildman–Crippen LogP) is 2.23. The van der Waals surface area contributed by atoms with Crippen molar-refractivity contribution in [2.75, 3.05) is 11.9 Å². The summed E-state index contributed by atoms with van der Waals surface area (Å²) in [5.41, 5.74) is 3.25. The van der Waals surface area contributed by atoms with Gasteiger partial charge in [0.15, 0.2) is 0 Å². The zero-order valence-electron chi connectivity index (χ0n) is 10.1. The first-order chi connectivity index (χ1) is 8.74. The molecule has 0 spiro atoms. The van der Waals surface area contributed by atoms with Crippen molar-refractivity contribution < 1.29 is 14.0 Å². The minimum absolute atomic E-state index is 0.0911. The molecule has 0 heterocycles. The van der Waals surface area contributed by atoms with E-state index in [4.69, 9.17) is 4.84 Å². The van der Waals surface area contributed by atoms with E-state index in [9.17, 15) is 9.18 Å². The Morgan fingerprint density at radius 1 is 1.28 bits per heavy atom. The molecule has 2 rings (SSSR count). The van der Waals surface area contributed by atoms with Gasteiger partial charge in [-0.2, -0.15) is 5.48 Å². The monoisotopic (exact) mass is 252 g/mol. The summed E-state index contributed by atoms with van der Waals surface area (Å²) in [5, 5.41) is 2.65. The van der Waals surface area contributed by atoms with Gasteiger partial charge in [-0.25, -0.2) is 4.39 Å². The van der Waals surface area contributed by atoms with Crippen LogP contribution in [0.5, 0.6) is 0 Å². The molecule has 0 aliphatic heterocycles. The van der Waals surface area contributed by atoms with Crippen molar-refractivity contribution in [3.63, 3.8) is 0 Å². The minimum Gasteiger partial charge on any atom is -0.325 e. The number of hydroxylamine groups is 1. The number of anilines is 1. The van der Waals surface area contributed by atoms with Crippen LogP contribution in [0.2, 0.25) is 0 Å². The fraction of sp³-hybridized carbons (Fsp3) is 0.462. The normalized spacial score (nSPS) is 15.8. The van der Waals surface area contributed by atoms with Crippen LogP contribution in [-0.2, 0) is 9.63 Å². The Morgan fingerprint density at radius 2 is 1.94 bits per heavy atom. The van der Waals surface area contributed by atoms with Crippen LogP contribution in [0.3, 0.4) is 0 Å². The van der Waals surface area contributed by atoms with Gasteiger partial charge >= 0.3 is 0 Å². The zero-order chi connectivity index (χ0) is 12.8. The Kier molecular flexibility index (Phi) is 4.66. The van der Waals surface area contributed by atoms with Crippen molar-refractivity contribution in [3.05, 3.63) is 30.1 Å². The highest BCUT2D eigenvalue weighted by atomic mass is 19.1. The fourth-order valence-electron chi connectivity index (χ4n) is 1.97. The summed E-state index contributed by atoms with van der Waals surface area (Å²) >= 11 is 0. The van der Waals surface area contributed by atoms with Gasteiger partial charge in [0, 0.05) is 5.69 Å². The lowest BCUT2D eigenvalue weighted by Gasteiger charge is -2.11. The maximum absolute atomic E-state index is 12.7. The SMILES string of the molecule is O=C(CNOC1CCCC1)Nc1ccc(F)cc1. The Bertz CT molecular complexity index is 388. The molecule has 1 aliphatic rings. The van der Waals surface area contributed by atoms with Gasteiger partial charge in [0.05, 0.1) is 6.10 Å².